The van der Waals surface area contributed by atoms with Crippen LogP contribution in [0.3, 0.4) is 0 Å². The van der Waals surface area contributed by atoms with Gasteiger partial charge >= 0.3 is 0 Å². The van der Waals surface area contributed by atoms with Crippen molar-refractivity contribution in [3.05, 3.63) is 52.0 Å². The van der Waals surface area contributed by atoms with Crippen molar-refractivity contribution in [3.63, 3.8) is 0 Å². The molecule has 130 valence electrons. The SMILES string of the molecule is CC(C)c1ncc(CN2CCOCC2CC(O)c2ccccc2)s1. The summed E-state index contributed by atoms with van der Waals surface area (Å²) in [5.41, 5.74) is 0.975. The highest BCUT2D eigenvalue weighted by Gasteiger charge is 2.26. The largest absolute Gasteiger partial charge is 0.388 e. The van der Waals surface area contributed by atoms with Gasteiger partial charge < -0.3 is 9.84 Å². The molecule has 1 aromatic carbocycles. The summed E-state index contributed by atoms with van der Waals surface area (Å²) in [6, 6.07) is 10.1. The smallest absolute Gasteiger partial charge is 0.0953 e. The summed E-state index contributed by atoms with van der Waals surface area (Å²) in [6.45, 7) is 7.58. The molecule has 3 rings (SSSR count). The number of aliphatic hydroxyl groups is 1. The van der Waals surface area contributed by atoms with Gasteiger partial charge in [0.2, 0.25) is 0 Å². The minimum absolute atomic E-state index is 0.235. The monoisotopic (exact) mass is 346 g/mol. The average molecular weight is 346 g/mol. The number of ether oxygens (including phenoxy) is 1. The van der Waals surface area contributed by atoms with Gasteiger partial charge in [-0.3, -0.25) is 4.90 Å². The topological polar surface area (TPSA) is 45.6 Å². The molecule has 0 saturated carbocycles. The second-order valence-corrected chi connectivity index (χ2v) is 7.83. The predicted molar refractivity (Wildman–Crippen MR) is 97.2 cm³/mol. The number of aromatic nitrogens is 1. The van der Waals surface area contributed by atoms with Crippen LogP contribution in [-0.2, 0) is 11.3 Å². The van der Waals surface area contributed by atoms with Crippen LogP contribution in [-0.4, -0.2) is 40.8 Å². The first-order chi connectivity index (χ1) is 11.6. The van der Waals surface area contributed by atoms with Crippen LogP contribution >= 0.6 is 11.3 Å². The van der Waals surface area contributed by atoms with Gasteiger partial charge in [0.1, 0.15) is 0 Å². The van der Waals surface area contributed by atoms with Crippen molar-refractivity contribution in [1.82, 2.24) is 9.88 Å². The summed E-state index contributed by atoms with van der Waals surface area (Å²) in [5, 5.41) is 11.7. The van der Waals surface area contributed by atoms with Crippen molar-refractivity contribution < 1.29 is 9.84 Å². The summed E-state index contributed by atoms with van der Waals surface area (Å²) < 4.78 is 5.67. The molecule has 5 heteroatoms. The highest BCUT2D eigenvalue weighted by atomic mass is 32.1. The van der Waals surface area contributed by atoms with Crippen LogP contribution in [0.2, 0.25) is 0 Å². The number of nitrogens with zero attached hydrogens (tertiary/aromatic N) is 2. The first-order valence-electron chi connectivity index (χ1n) is 8.63. The molecule has 24 heavy (non-hydrogen) atoms. The summed E-state index contributed by atoms with van der Waals surface area (Å²) in [4.78, 5) is 8.24. The van der Waals surface area contributed by atoms with Crippen molar-refractivity contribution in [2.45, 2.75) is 44.9 Å². The molecule has 2 atom stereocenters. The third kappa shape index (κ3) is 4.42. The number of aliphatic hydroxyl groups excluding tert-OH is 1. The van der Waals surface area contributed by atoms with E-state index in [1.165, 1.54) is 9.88 Å². The highest BCUT2D eigenvalue weighted by Crippen LogP contribution is 2.26. The molecule has 0 radical (unpaired) electrons. The molecule has 2 aromatic rings. The van der Waals surface area contributed by atoms with E-state index in [-0.39, 0.29) is 6.04 Å². The molecule has 2 heterocycles. The Bertz CT molecular complexity index is 629. The van der Waals surface area contributed by atoms with E-state index in [1.54, 1.807) is 11.3 Å². The molecule has 1 aliphatic rings. The number of benzene rings is 1. The third-order valence-electron chi connectivity index (χ3n) is 4.45. The van der Waals surface area contributed by atoms with Gasteiger partial charge in [0, 0.05) is 36.1 Å². The first kappa shape index (κ1) is 17.5. The minimum atomic E-state index is -0.451. The number of hydrogen-bond donors (Lipinski definition) is 1. The van der Waals surface area contributed by atoms with Crippen LogP contribution < -0.4 is 0 Å². The molecule has 1 aromatic heterocycles. The Morgan fingerprint density at radius 3 is 2.83 bits per heavy atom. The molecule has 0 spiro atoms. The van der Waals surface area contributed by atoms with E-state index in [2.05, 4.69) is 23.7 Å². The van der Waals surface area contributed by atoms with Gasteiger partial charge in [-0.15, -0.1) is 11.3 Å². The van der Waals surface area contributed by atoms with Gasteiger partial charge in [0.15, 0.2) is 0 Å². The van der Waals surface area contributed by atoms with Crippen molar-refractivity contribution in [1.29, 1.82) is 0 Å². The van der Waals surface area contributed by atoms with Gasteiger partial charge in [-0.1, -0.05) is 44.2 Å². The van der Waals surface area contributed by atoms with E-state index in [0.717, 1.165) is 25.3 Å². The van der Waals surface area contributed by atoms with E-state index >= 15 is 0 Å². The lowest BCUT2D eigenvalue weighted by molar-refractivity contribution is -0.0296. The van der Waals surface area contributed by atoms with Gasteiger partial charge in [-0.05, 0) is 12.0 Å². The lowest BCUT2D eigenvalue weighted by atomic mass is 10.0. The molecule has 0 bridgehead atoms. The second-order valence-electron chi connectivity index (χ2n) is 6.68. The lowest BCUT2D eigenvalue weighted by Gasteiger charge is -2.36. The van der Waals surface area contributed by atoms with E-state index < -0.39 is 6.10 Å². The van der Waals surface area contributed by atoms with E-state index in [0.29, 0.717) is 18.9 Å². The number of morpholine rings is 1. The Kier molecular flexibility index (Phi) is 6.00. The highest BCUT2D eigenvalue weighted by molar-refractivity contribution is 7.11. The van der Waals surface area contributed by atoms with Gasteiger partial charge in [-0.25, -0.2) is 4.98 Å². The number of thiazole rings is 1. The maximum Gasteiger partial charge on any atom is 0.0953 e. The van der Waals surface area contributed by atoms with Crippen molar-refractivity contribution in [2.24, 2.45) is 0 Å². The van der Waals surface area contributed by atoms with Crippen LogP contribution in [0.15, 0.2) is 36.5 Å². The van der Waals surface area contributed by atoms with Crippen molar-refractivity contribution in [2.75, 3.05) is 19.8 Å². The summed E-state index contributed by atoms with van der Waals surface area (Å²) in [5.74, 6) is 0.476. The molecule has 1 N–H and O–H groups in total. The Hall–Kier alpha value is -1.27. The Morgan fingerprint density at radius 2 is 2.12 bits per heavy atom. The molecule has 1 fully saturated rings. The quantitative estimate of drug-likeness (QED) is 0.868. The average Bonchev–Trinajstić information content (AvgIpc) is 3.06. The first-order valence-corrected chi connectivity index (χ1v) is 9.44. The molecule has 1 aliphatic heterocycles. The molecule has 2 unspecified atom stereocenters. The second kappa shape index (κ2) is 8.21. The molecule has 1 saturated heterocycles. The maximum absolute atomic E-state index is 10.5. The van der Waals surface area contributed by atoms with E-state index in [4.69, 9.17) is 4.74 Å². The molecule has 4 nitrogen and oxygen atoms in total. The minimum Gasteiger partial charge on any atom is -0.388 e. The van der Waals surface area contributed by atoms with Crippen LogP contribution in [0.4, 0.5) is 0 Å². The fourth-order valence-corrected chi connectivity index (χ4v) is 3.99. The van der Waals surface area contributed by atoms with Crippen molar-refractivity contribution in [3.8, 4) is 0 Å². The van der Waals surface area contributed by atoms with Gasteiger partial charge in [0.25, 0.3) is 0 Å². The summed E-state index contributed by atoms with van der Waals surface area (Å²) in [7, 11) is 0. The Morgan fingerprint density at radius 1 is 1.33 bits per heavy atom. The summed E-state index contributed by atoms with van der Waals surface area (Å²) >= 11 is 1.80. The predicted octanol–water partition coefficient (Wildman–Crippen LogP) is 3.59. The van der Waals surface area contributed by atoms with Crippen LogP contribution in [0.25, 0.3) is 0 Å². The zero-order chi connectivity index (χ0) is 16.9. The zero-order valence-corrected chi connectivity index (χ0v) is 15.2. The molecular weight excluding hydrogens is 320 g/mol. The van der Waals surface area contributed by atoms with Crippen molar-refractivity contribution >= 4 is 11.3 Å². The van der Waals surface area contributed by atoms with Crippen LogP contribution in [0.5, 0.6) is 0 Å². The fraction of sp³-hybridized carbons (Fsp3) is 0.526. The number of rotatable bonds is 6. The van der Waals surface area contributed by atoms with Gasteiger partial charge in [0.05, 0.1) is 24.3 Å². The Labute approximate surface area is 148 Å². The Balaban J connectivity index is 1.64. The zero-order valence-electron chi connectivity index (χ0n) is 14.4. The maximum atomic E-state index is 10.5. The third-order valence-corrected chi connectivity index (χ3v) is 5.74. The van der Waals surface area contributed by atoms with E-state index in [1.807, 2.05) is 36.5 Å². The normalized spacial score (nSPS) is 20.4. The van der Waals surface area contributed by atoms with Crippen LogP contribution in [0, 0.1) is 0 Å². The fourth-order valence-electron chi connectivity index (χ4n) is 3.05. The summed E-state index contributed by atoms with van der Waals surface area (Å²) in [6.07, 6.45) is 2.24. The molecular formula is C19H26N2O2S. The molecule has 0 aliphatic carbocycles. The van der Waals surface area contributed by atoms with Gasteiger partial charge in [-0.2, -0.15) is 0 Å². The van der Waals surface area contributed by atoms with E-state index in [9.17, 15) is 5.11 Å². The molecule has 0 amide bonds. The number of hydrogen-bond acceptors (Lipinski definition) is 5. The van der Waals surface area contributed by atoms with Crippen LogP contribution in [0.1, 0.15) is 47.7 Å². The standard InChI is InChI=1S/C19H26N2O2S/c1-14(2)19-20-11-17(24-19)12-21-8-9-23-13-16(21)10-18(22)15-6-4-3-5-7-15/h3-7,11,14,16,18,22H,8-10,12-13H2,1-2H3. The lowest BCUT2D eigenvalue weighted by Crippen LogP contribution is -2.45.